The Bertz CT molecular complexity index is 916. The van der Waals surface area contributed by atoms with Gasteiger partial charge in [0.2, 0.25) is 11.7 Å². The van der Waals surface area contributed by atoms with E-state index in [0.717, 1.165) is 18.2 Å². The number of carbonyl (C=O) groups excluding carboxylic acids is 1. The number of halogens is 2. The van der Waals surface area contributed by atoms with Gasteiger partial charge in [0, 0.05) is 23.2 Å². The lowest BCUT2D eigenvalue weighted by molar-refractivity contribution is -0.387. The average molecular weight is 387 g/mol. The minimum Gasteiger partial charge on any atom is -0.326 e. The Morgan fingerprint density at radius 3 is 2.44 bits per heavy atom. The molecule has 10 heteroatoms. The maximum Gasteiger partial charge on any atom is 0.306 e. The smallest absolute Gasteiger partial charge is 0.306 e. The number of hydrogen-bond acceptors (Lipinski definition) is 5. The van der Waals surface area contributed by atoms with Gasteiger partial charge in [0.15, 0.2) is 9.84 Å². The lowest BCUT2D eigenvalue weighted by Crippen LogP contribution is -2.17. The van der Waals surface area contributed by atoms with Gasteiger partial charge in [-0.05, 0) is 36.4 Å². The molecule has 0 bridgehead atoms. The third-order valence-electron chi connectivity index (χ3n) is 3.20. The molecular formula is C15H12ClFN2O5S. The molecule has 7 nitrogen and oxygen atoms in total. The predicted octanol–water partition coefficient (Wildman–Crippen LogP) is 3.19. The van der Waals surface area contributed by atoms with E-state index in [4.69, 9.17) is 11.6 Å². The first kappa shape index (κ1) is 18.8. The molecule has 0 aromatic heterocycles. The van der Waals surface area contributed by atoms with Crippen LogP contribution < -0.4 is 5.32 Å². The van der Waals surface area contributed by atoms with Crippen LogP contribution in [0.15, 0.2) is 47.4 Å². The Morgan fingerprint density at radius 2 is 1.84 bits per heavy atom. The monoisotopic (exact) mass is 386 g/mol. The second-order valence-corrected chi connectivity index (χ2v) is 7.54. The van der Waals surface area contributed by atoms with Crippen molar-refractivity contribution in [1.82, 2.24) is 0 Å². The number of hydrogen-bond donors (Lipinski definition) is 1. The summed E-state index contributed by atoms with van der Waals surface area (Å²) in [6, 6.07) is 8.36. The summed E-state index contributed by atoms with van der Waals surface area (Å²) in [5, 5.41) is 13.3. The number of amides is 1. The van der Waals surface area contributed by atoms with E-state index in [1.54, 1.807) is 0 Å². The molecule has 0 atom stereocenters. The SMILES string of the molecule is O=C(CCS(=O)(=O)c1ccc(Cl)cc1)Nc1ccc(F)c([N+](=O)[O-])c1. The number of anilines is 1. The minimum atomic E-state index is -3.68. The normalized spacial score (nSPS) is 11.1. The van der Waals surface area contributed by atoms with Crippen LogP contribution in [0.1, 0.15) is 6.42 Å². The largest absolute Gasteiger partial charge is 0.326 e. The Hall–Kier alpha value is -2.52. The molecule has 2 rings (SSSR count). The highest BCUT2D eigenvalue weighted by Crippen LogP contribution is 2.22. The quantitative estimate of drug-likeness (QED) is 0.606. The van der Waals surface area contributed by atoms with E-state index in [2.05, 4.69) is 5.32 Å². The van der Waals surface area contributed by atoms with Crippen LogP contribution in [-0.2, 0) is 14.6 Å². The summed E-state index contributed by atoms with van der Waals surface area (Å²) in [5.41, 5.74) is -0.784. The van der Waals surface area contributed by atoms with Crippen LogP contribution in [0.5, 0.6) is 0 Å². The summed E-state index contributed by atoms with van der Waals surface area (Å²) in [5.74, 6) is -2.16. The molecule has 2 aromatic rings. The van der Waals surface area contributed by atoms with Crippen molar-refractivity contribution in [3.8, 4) is 0 Å². The summed E-state index contributed by atoms with van der Waals surface area (Å²) in [6.45, 7) is 0. The molecule has 0 aliphatic heterocycles. The molecule has 0 aliphatic rings. The molecule has 0 aliphatic carbocycles. The van der Waals surface area contributed by atoms with E-state index in [1.165, 1.54) is 24.3 Å². The van der Waals surface area contributed by atoms with Crippen molar-refractivity contribution in [2.45, 2.75) is 11.3 Å². The van der Waals surface area contributed by atoms with Gasteiger partial charge >= 0.3 is 5.69 Å². The Morgan fingerprint density at radius 1 is 1.20 bits per heavy atom. The van der Waals surface area contributed by atoms with Gasteiger partial charge in [-0.15, -0.1) is 0 Å². The molecule has 0 unspecified atom stereocenters. The first-order chi connectivity index (χ1) is 11.7. The summed E-state index contributed by atoms with van der Waals surface area (Å²) in [6.07, 6.45) is -0.365. The Kier molecular flexibility index (Phi) is 5.70. The minimum absolute atomic E-state index is 0.00184. The third kappa shape index (κ3) is 4.97. The van der Waals surface area contributed by atoms with Crippen molar-refractivity contribution in [3.63, 3.8) is 0 Å². The maximum absolute atomic E-state index is 13.2. The first-order valence-electron chi connectivity index (χ1n) is 6.91. The van der Waals surface area contributed by atoms with Crippen molar-refractivity contribution in [2.75, 3.05) is 11.1 Å². The van der Waals surface area contributed by atoms with Crippen LogP contribution in [0.3, 0.4) is 0 Å². The fourth-order valence-electron chi connectivity index (χ4n) is 1.94. The summed E-state index contributed by atoms with van der Waals surface area (Å²) >= 11 is 5.69. The standard InChI is InChI=1S/C15H12ClFN2O5S/c16-10-1-4-12(5-2-10)25(23,24)8-7-15(20)18-11-3-6-13(17)14(9-11)19(21)22/h1-6,9H,7-8H2,(H,18,20). The molecule has 132 valence electrons. The van der Waals surface area contributed by atoms with Gasteiger partial charge in [0.05, 0.1) is 15.6 Å². The molecule has 0 radical (unpaired) electrons. The van der Waals surface area contributed by atoms with Crippen LogP contribution in [0.4, 0.5) is 15.8 Å². The lowest BCUT2D eigenvalue weighted by Gasteiger charge is -2.07. The summed E-state index contributed by atoms with van der Waals surface area (Å²) < 4.78 is 37.5. The van der Waals surface area contributed by atoms with Gasteiger partial charge in [-0.2, -0.15) is 4.39 Å². The highest BCUT2D eigenvalue weighted by molar-refractivity contribution is 7.91. The highest BCUT2D eigenvalue weighted by Gasteiger charge is 2.18. The Balaban J connectivity index is 2.02. The van der Waals surface area contributed by atoms with Crippen LogP contribution >= 0.6 is 11.6 Å². The van der Waals surface area contributed by atoms with Crippen molar-refractivity contribution < 1.29 is 22.5 Å². The van der Waals surface area contributed by atoms with Crippen LogP contribution in [-0.4, -0.2) is 25.0 Å². The second kappa shape index (κ2) is 7.58. The molecule has 0 fully saturated rings. The van der Waals surface area contributed by atoms with Crippen LogP contribution in [0, 0.1) is 15.9 Å². The average Bonchev–Trinajstić information content (AvgIpc) is 2.55. The molecule has 1 amide bonds. The lowest BCUT2D eigenvalue weighted by atomic mass is 10.2. The number of nitro benzene ring substituents is 1. The number of sulfone groups is 1. The number of benzene rings is 2. The van der Waals surface area contributed by atoms with E-state index in [-0.39, 0.29) is 17.0 Å². The van der Waals surface area contributed by atoms with E-state index in [9.17, 15) is 27.7 Å². The van der Waals surface area contributed by atoms with Gasteiger partial charge < -0.3 is 5.32 Å². The number of nitrogens with one attached hydrogen (secondary N) is 1. The van der Waals surface area contributed by atoms with Crippen LogP contribution in [0.2, 0.25) is 5.02 Å². The van der Waals surface area contributed by atoms with E-state index in [0.29, 0.717) is 5.02 Å². The molecule has 25 heavy (non-hydrogen) atoms. The van der Waals surface area contributed by atoms with Gasteiger partial charge in [0.25, 0.3) is 0 Å². The van der Waals surface area contributed by atoms with Crippen molar-refractivity contribution in [2.24, 2.45) is 0 Å². The van der Waals surface area contributed by atoms with Crippen molar-refractivity contribution in [3.05, 3.63) is 63.4 Å². The van der Waals surface area contributed by atoms with Crippen LogP contribution in [0.25, 0.3) is 0 Å². The summed E-state index contributed by atoms with van der Waals surface area (Å²) in [4.78, 5) is 21.6. The van der Waals surface area contributed by atoms with Crippen molar-refractivity contribution >= 4 is 38.7 Å². The molecule has 0 saturated carbocycles. The van der Waals surface area contributed by atoms with Gasteiger partial charge in [0.1, 0.15) is 0 Å². The molecule has 2 aromatic carbocycles. The Labute approximate surface area is 147 Å². The fraction of sp³-hybridized carbons (Fsp3) is 0.133. The van der Waals surface area contributed by atoms with Gasteiger partial charge in [-0.3, -0.25) is 14.9 Å². The molecule has 0 saturated heterocycles. The number of nitro groups is 1. The predicted molar refractivity (Wildman–Crippen MR) is 89.8 cm³/mol. The third-order valence-corrected chi connectivity index (χ3v) is 5.18. The number of rotatable bonds is 6. The molecular weight excluding hydrogens is 375 g/mol. The highest BCUT2D eigenvalue weighted by atomic mass is 35.5. The zero-order chi connectivity index (χ0) is 18.6. The molecule has 0 heterocycles. The topological polar surface area (TPSA) is 106 Å². The second-order valence-electron chi connectivity index (χ2n) is 4.99. The van der Waals surface area contributed by atoms with Gasteiger partial charge in [-0.25, -0.2) is 8.42 Å². The number of carbonyl (C=O) groups is 1. The zero-order valence-electron chi connectivity index (χ0n) is 12.6. The number of nitrogens with zero attached hydrogens (tertiary/aromatic N) is 1. The van der Waals surface area contributed by atoms with Gasteiger partial charge in [-0.1, -0.05) is 11.6 Å². The van der Waals surface area contributed by atoms with E-state index >= 15 is 0 Å². The first-order valence-corrected chi connectivity index (χ1v) is 8.94. The summed E-state index contributed by atoms with van der Waals surface area (Å²) in [7, 11) is -3.68. The molecule has 1 N–H and O–H groups in total. The van der Waals surface area contributed by atoms with E-state index in [1.807, 2.05) is 0 Å². The zero-order valence-corrected chi connectivity index (χ0v) is 14.2. The fourth-order valence-corrected chi connectivity index (χ4v) is 3.31. The maximum atomic E-state index is 13.2. The van der Waals surface area contributed by atoms with Crippen molar-refractivity contribution in [1.29, 1.82) is 0 Å². The molecule has 0 spiro atoms. The van der Waals surface area contributed by atoms with E-state index < -0.39 is 37.9 Å².